The van der Waals surface area contributed by atoms with Crippen molar-refractivity contribution < 1.29 is 17.9 Å². The standard InChI is InChI=1S/C25H26Cl2N2O4S2/c1-18-6-8-19(9-7-18)29(35(31,32)21-12-10-20(33-2)11-13-21)16-25(30)28-14-15-34-17-22-23(26)4-3-5-24(22)27/h3-13H,14-17H2,1-2H3,(H,28,30). The molecule has 6 nitrogen and oxygen atoms in total. The van der Waals surface area contributed by atoms with Crippen LogP contribution in [0.5, 0.6) is 5.75 Å². The average molecular weight is 554 g/mol. The Bertz CT molecular complexity index is 1230. The van der Waals surface area contributed by atoms with Crippen molar-refractivity contribution in [3.05, 3.63) is 87.9 Å². The normalized spacial score (nSPS) is 11.2. The van der Waals surface area contributed by atoms with Gasteiger partial charge in [0.2, 0.25) is 5.91 Å². The van der Waals surface area contributed by atoms with Crippen LogP contribution in [0.25, 0.3) is 0 Å². The van der Waals surface area contributed by atoms with Gasteiger partial charge >= 0.3 is 0 Å². The maximum absolute atomic E-state index is 13.4. The quantitative estimate of drug-likeness (QED) is 0.315. The summed E-state index contributed by atoms with van der Waals surface area (Å²) >= 11 is 14.0. The van der Waals surface area contributed by atoms with Crippen molar-refractivity contribution in [3.8, 4) is 5.75 Å². The number of ether oxygens (including phenoxy) is 1. The predicted octanol–water partition coefficient (Wildman–Crippen LogP) is 5.56. The van der Waals surface area contributed by atoms with E-state index in [-0.39, 0.29) is 11.4 Å². The van der Waals surface area contributed by atoms with Gasteiger partial charge in [0.1, 0.15) is 12.3 Å². The highest BCUT2D eigenvalue weighted by molar-refractivity contribution is 7.98. The van der Waals surface area contributed by atoms with Crippen molar-refractivity contribution in [2.75, 3.05) is 30.3 Å². The Hall–Kier alpha value is -2.39. The average Bonchev–Trinajstić information content (AvgIpc) is 2.84. The summed E-state index contributed by atoms with van der Waals surface area (Å²) in [5.74, 6) is 1.36. The Kier molecular flexibility index (Phi) is 9.74. The second-order valence-electron chi connectivity index (χ2n) is 7.63. The summed E-state index contributed by atoms with van der Waals surface area (Å²) in [5, 5.41) is 4.01. The van der Waals surface area contributed by atoms with E-state index < -0.39 is 15.9 Å². The number of amides is 1. The predicted molar refractivity (Wildman–Crippen MR) is 144 cm³/mol. The lowest BCUT2D eigenvalue weighted by Crippen LogP contribution is -2.41. The van der Waals surface area contributed by atoms with Gasteiger partial charge in [0.25, 0.3) is 10.0 Å². The molecule has 3 aromatic carbocycles. The summed E-state index contributed by atoms with van der Waals surface area (Å²) in [5.41, 5.74) is 2.24. The fourth-order valence-electron chi connectivity index (χ4n) is 3.19. The molecular weight excluding hydrogens is 527 g/mol. The topological polar surface area (TPSA) is 75.7 Å². The number of anilines is 1. The number of rotatable bonds is 11. The monoisotopic (exact) mass is 552 g/mol. The number of thioether (sulfide) groups is 1. The fourth-order valence-corrected chi connectivity index (χ4v) is 6.21. The number of nitrogens with one attached hydrogen (secondary N) is 1. The van der Waals surface area contributed by atoms with Gasteiger partial charge in [-0.25, -0.2) is 8.42 Å². The second kappa shape index (κ2) is 12.5. The first-order valence-corrected chi connectivity index (χ1v) is 14.1. The number of halogens is 2. The Balaban J connectivity index is 1.66. The molecule has 35 heavy (non-hydrogen) atoms. The van der Waals surface area contributed by atoms with Crippen LogP contribution in [0.1, 0.15) is 11.1 Å². The lowest BCUT2D eigenvalue weighted by molar-refractivity contribution is -0.119. The Labute approximate surface area is 220 Å². The number of hydrogen-bond donors (Lipinski definition) is 1. The van der Waals surface area contributed by atoms with Crippen LogP contribution in [0.4, 0.5) is 5.69 Å². The molecule has 0 fully saturated rings. The number of carbonyl (C=O) groups is 1. The number of aryl methyl sites for hydroxylation is 1. The minimum Gasteiger partial charge on any atom is -0.497 e. The van der Waals surface area contributed by atoms with Gasteiger partial charge < -0.3 is 10.1 Å². The van der Waals surface area contributed by atoms with Crippen LogP contribution in [-0.4, -0.2) is 40.3 Å². The van der Waals surface area contributed by atoms with Crippen LogP contribution in [-0.2, 0) is 20.6 Å². The van der Waals surface area contributed by atoms with Crippen molar-refractivity contribution in [1.82, 2.24) is 5.32 Å². The molecule has 186 valence electrons. The molecule has 0 saturated heterocycles. The molecule has 0 atom stereocenters. The van der Waals surface area contributed by atoms with Gasteiger partial charge in [-0.05, 0) is 61.0 Å². The van der Waals surface area contributed by atoms with Crippen molar-refractivity contribution in [2.45, 2.75) is 17.6 Å². The van der Waals surface area contributed by atoms with E-state index in [0.717, 1.165) is 15.4 Å². The van der Waals surface area contributed by atoms with E-state index in [0.29, 0.717) is 39.5 Å². The van der Waals surface area contributed by atoms with E-state index >= 15 is 0 Å². The molecule has 0 unspecified atom stereocenters. The third-order valence-electron chi connectivity index (χ3n) is 5.13. The number of sulfonamides is 1. The molecule has 3 aromatic rings. The van der Waals surface area contributed by atoms with Crippen LogP contribution < -0.4 is 14.4 Å². The molecule has 3 rings (SSSR count). The zero-order valence-corrected chi connectivity index (χ0v) is 22.5. The summed E-state index contributed by atoms with van der Waals surface area (Å²) in [4.78, 5) is 12.8. The first-order chi connectivity index (χ1) is 16.7. The second-order valence-corrected chi connectivity index (χ2v) is 11.4. The highest BCUT2D eigenvalue weighted by atomic mass is 35.5. The van der Waals surface area contributed by atoms with Crippen LogP contribution in [0, 0.1) is 6.92 Å². The molecule has 0 aliphatic carbocycles. The largest absolute Gasteiger partial charge is 0.497 e. The summed E-state index contributed by atoms with van der Waals surface area (Å²) < 4.78 is 33.1. The van der Waals surface area contributed by atoms with Crippen molar-refractivity contribution in [3.63, 3.8) is 0 Å². The number of hydrogen-bond acceptors (Lipinski definition) is 5. The van der Waals surface area contributed by atoms with Gasteiger partial charge in [-0.2, -0.15) is 11.8 Å². The van der Waals surface area contributed by atoms with E-state index in [1.807, 2.05) is 6.92 Å². The van der Waals surface area contributed by atoms with Crippen molar-refractivity contribution in [2.24, 2.45) is 0 Å². The smallest absolute Gasteiger partial charge is 0.264 e. The lowest BCUT2D eigenvalue weighted by Gasteiger charge is -2.24. The minimum absolute atomic E-state index is 0.0684. The molecule has 0 aliphatic rings. The highest BCUT2D eigenvalue weighted by Crippen LogP contribution is 2.28. The molecular formula is C25H26Cl2N2O4S2. The molecule has 0 aliphatic heterocycles. The summed E-state index contributed by atoms with van der Waals surface area (Å²) in [6.07, 6.45) is 0. The summed E-state index contributed by atoms with van der Waals surface area (Å²) in [6.45, 7) is 1.93. The van der Waals surface area contributed by atoms with E-state index in [1.54, 1.807) is 66.4 Å². The Morgan fingerprint density at radius 3 is 2.23 bits per heavy atom. The fraction of sp³-hybridized carbons (Fsp3) is 0.240. The van der Waals surface area contributed by atoms with Crippen molar-refractivity contribution in [1.29, 1.82) is 0 Å². The van der Waals surface area contributed by atoms with Crippen molar-refractivity contribution >= 4 is 56.6 Å². The summed E-state index contributed by atoms with van der Waals surface area (Å²) in [6, 6.07) is 18.4. The lowest BCUT2D eigenvalue weighted by atomic mass is 10.2. The van der Waals surface area contributed by atoms with E-state index in [2.05, 4.69) is 5.32 Å². The molecule has 0 saturated carbocycles. The number of carbonyl (C=O) groups excluding carboxylic acids is 1. The van der Waals surface area contributed by atoms with E-state index in [1.165, 1.54) is 19.2 Å². The molecule has 0 spiro atoms. The number of benzene rings is 3. The maximum atomic E-state index is 13.4. The summed E-state index contributed by atoms with van der Waals surface area (Å²) in [7, 11) is -2.48. The molecule has 10 heteroatoms. The number of nitrogens with zero attached hydrogens (tertiary/aromatic N) is 1. The number of methoxy groups -OCH3 is 1. The van der Waals surface area contributed by atoms with Crippen LogP contribution in [0.15, 0.2) is 71.6 Å². The molecule has 0 aromatic heterocycles. The van der Waals surface area contributed by atoms with Crippen LogP contribution in [0.3, 0.4) is 0 Å². The zero-order valence-electron chi connectivity index (χ0n) is 19.3. The highest BCUT2D eigenvalue weighted by Gasteiger charge is 2.27. The minimum atomic E-state index is -3.99. The molecule has 0 radical (unpaired) electrons. The SMILES string of the molecule is COc1ccc(S(=O)(=O)N(CC(=O)NCCSCc2c(Cl)cccc2Cl)c2ccc(C)cc2)cc1. The Morgan fingerprint density at radius 1 is 1.00 bits per heavy atom. The van der Waals surface area contributed by atoms with Gasteiger partial charge in [-0.15, -0.1) is 0 Å². The van der Waals surface area contributed by atoms with Gasteiger partial charge in [-0.1, -0.05) is 47.0 Å². The molecule has 1 amide bonds. The first-order valence-electron chi connectivity index (χ1n) is 10.7. The third kappa shape index (κ3) is 7.30. The molecule has 0 bridgehead atoms. The maximum Gasteiger partial charge on any atom is 0.264 e. The molecule has 1 N–H and O–H groups in total. The van der Waals surface area contributed by atoms with Crippen LogP contribution in [0.2, 0.25) is 10.0 Å². The van der Waals surface area contributed by atoms with E-state index in [4.69, 9.17) is 27.9 Å². The van der Waals surface area contributed by atoms with Crippen LogP contribution >= 0.6 is 35.0 Å². The van der Waals surface area contributed by atoms with Gasteiger partial charge in [-0.3, -0.25) is 9.10 Å². The first kappa shape index (κ1) is 27.2. The molecule has 0 heterocycles. The zero-order chi connectivity index (χ0) is 25.4. The Morgan fingerprint density at radius 2 is 1.63 bits per heavy atom. The van der Waals surface area contributed by atoms with Gasteiger partial charge in [0.15, 0.2) is 0 Å². The van der Waals surface area contributed by atoms with Gasteiger partial charge in [0.05, 0.1) is 17.7 Å². The van der Waals surface area contributed by atoms with E-state index in [9.17, 15) is 13.2 Å². The third-order valence-corrected chi connectivity index (χ3v) is 8.62. The van der Waals surface area contributed by atoms with Gasteiger partial charge in [0, 0.05) is 28.1 Å².